The van der Waals surface area contributed by atoms with E-state index in [2.05, 4.69) is 48.5 Å². The van der Waals surface area contributed by atoms with E-state index in [1.807, 2.05) is 0 Å². The van der Waals surface area contributed by atoms with Gasteiger partial charge < -0.3 is 24.6 Å². The molecule has 30 heavy (non-hydrogen) atoms. The van der Waals surface area contributed by atoms with Crippen molar-refractivity contribution in [3.05, 3.63) is 29.7 Å². The van der Waals surface area contributed by atoms with E-state index in [0.717, 1.165) is 56.2 Å². The zero-order chi connectivity index (χ0) is 20.5. The smallest absolute Gasteiger partial charge is 0.269 e. The first-order chi connectivity index (χ1) is 14.7. The first kappa shape index (κ1) is 19.3. The summed E-state index contributed by atoms with van der Waals surface area (Å²) in [6.07, 6.45) is 4.48. The Hall–Kier alpha value is -2.72. The fourth-order valence-corrected chi connectivity index (χ4v) is 4.43. The molecule has 2 bridgehead atoms. The molecule has 5 rings (SSSR count). The van der Waals surface area contributed by atoms with Crippen LogP contribution in [-0.2, 0) is 16.0 Å². The van der Waals surface area contributed by atoms with Crippen molar-refractivity contribution in [2.45, 2.75) is 44.6 Å². The molecule has 1 amide bonds. The molecule has 0 radical (unpaired) electrons. The lowest BCUT2D eigenvalue weighted by atomic mass is 10.2. The molecule has 3 aliphatic rings. The molecular weight excluding hydrogens is 386 g/mol. The lowest BCUT2D eigenvalue weighted by molar-refractivity contribution is 0.0301. The number of carbonyl (C=O) groups is 1. The average Bonchev–Trinajstić information content (AvgIpc) is 3.41. The largest absolute Gasteiger partial charge is 0.375 e. The number of morpholine rings is 2. The van der Waals surface area contributed by atoms with Crippen molar-refractivity contribution in [3.63, 3.8) is 0 Å². The van der Waals surface area contributed by atoms with E-state index in [1.165, 1.54) is 0 Å². The maximum absolute atomic E-state index is 12.3. The molecule has 3 fully saturated rings. The van der Waals surface area contributed by atoms with Gasteiger partial charge in [0.2, 0.25) is 0 Å². The average molecular weight is 413 g/mol. The summed E-state index contributed by atoms with van der Waals surface area (Å²) in [6.45, 7) is 6.29. The van der Waals surface area contributed by atoms with Crippen LogP contribution in [0.5, 0.6) is 0 Å². The summed E-state index contributed by atoms with van der Waals surface area (Å²) in [7, 11) is 0. The highest BCUT2D eigenvalue weighted by molar-refractivity contribution is 5.92. The van der Waals surface area contributed by atoms with Crippen LogP contribution < -0.4 is 15.1 Å². The van der Waals surface area contributed by atoms with Crippen molar-refractivity contribution in [1.82, 2.24) is 25.7 Å². The van der Waals surface area contributed by atoms with Gasteiger partial charge in [0.25, 0.3) is 5.91 Å². The summed E-state index contributed by atoms with van der Waals surface area (Å²) in [5, 5.41) is 18.4. The highest BCUT2D eigenvalue weighted by atomic mass is 16.5. The minimum Gasteiger partial charge on any atom is -0.375 e. The SMILES string of the molecule is CC1CN(c2cc(N3CC4CCC(C3)O4)nnc2CNC(=O)c2ccn[nH]2)CCO1. The van der Waals surface area contributed by atoms with E-state index in [9.17, 15) is 4.79 Å². The van der Waals surface area contributed by atoms with Crippen molar-refractivity contribution >= 4 is 17.4 Å². The predicted molar refractivity (Wildman–Crippen MR) is 110 cm³/mol. The van der Waals surface area contributed by atoms with Crippen LogP contribution in [0.15, 0.2) is 18.3 Å². The maximum Gasteiger partial charge on any atom is 0.269 e. The van der Waals surface area contributed by atoms with E-state index >= 15 is 0 Å². The summed E-state index contributed by atoms with van der Waals surface area (Å²) in [4.78, 5) is 16.9. The Balaban J connectivity index is 1.38. The molecule has 2 aromatic heterocycles. The number of hydrogen-bond acceptors (Lipinski definition) is 8. The summed E-state index contributed by atoms with van der Waals surface area (Å²) < 4.78 is 11.7. The molecule has 3 atom stereocenters. The van der Waals surface area contributed by atoms with Crippen LogP contribution in [0.2, 0.25) is 0 Å². The second kappa shape index (κ2) is 8.19. The number of nitrogens with one attached hydrogen (secondary N) is 2. The van der Waals surface area contributed by atoms with E-state index < -0.39 is 0 Å². The first-order valence-electron chi connectivity index (χ1n) is 10.6. The Labute approximate surface area is 174 Å². The van der Waals surface area contributed by atoms with Crippen molar-refractivity contribution in [2.24, 2.45) is 0 Å². The van der Waals surface area contributed by atoms with Gasteiger partial charge in [-0.1, -0.05) is 0 Å². The van der Waals surface area contributed by atoms with Gasteiger partial charge in [-0.25, -0.2) is 0 Å². The lowest BCUT2D eigenvalue weighted by Gasteiger charge is -2.36. The summed E-state index contributed by atoms with van der Waals surface area (Å²) in [5.74, 6) is 0.650. The van der Waals surface area contributed by atoms with E-state index in [0.29, 0.717) is 18.8 Å². The topological polar surface area (TPSA) is 109 Å². The van der Waals surface area contributed by atoms with E-state index in [1.54, 1.807) is 12.3 Å². The highest BCUT2D eigenvalue weighted by Gasteiger charge is 2.35. The highest BCUT2D eigenvalue weighted by Crippen LogP contribution is 2.31. The number of hydrogen-bond donors (Lipinski definition) is 2. The van der Waals surface area contributed by atoms with Gasteiger partial charge in [-0.15, -0.1) is 10.2 Å². The minimum absolute atomic E-state index is 0.141. The normalized spacial score (nSPS) is 26.1. The molecule has 3 aliphatic heterocycles. The van der Waals surface area contributed by atoms with Crippen LogP contribution in [0.25, 0.3) is 0 Å². The van der Waals surface area contributed by atoms with Crippen LogP contribution in [0.1, 0.15) is 35.9 Å². The standard InChI is InChI=1S/C20H27N7O3/c1-13-10-26(6-7-29-13)18-8-19(27-11-14-2-3-15(12-27)30-14)25-24-17(18)9-21-20(28)16-4-5-22-23-16/h4-5,8,13-15H,2-3,6-7,9-12H2,1H3,(H,21,28)(H,22,23). The summed E-state index contributed by atoms with van der Waals surface area (Å²) in [6, 6.07) is 3.74. The van der Waals surface area contributed by atoms with Crippen molar-refractivity contribution in [2.75, 3.05) is 42.6 Å². The molecule has 0 aromatic carbocycles. The van der Waals surface area contributed by atoms with Gasteiger partial charge in [0.1, 0.15) is 11.4 Å². The number of ether oxygens (including phenoxy) is 2. The van der Waals surface area contributed by atoms with Crippen molar-refractivity contribution in [1.29, 1.82) is 0 Å². The van der Waals surface area contributed by atoms with Crippen LogP contribution in [0.4, 0.5) is 11.5 Å². The zero-order valence-electron chi connectivity index (χ0n) is 17.1. The first-order valence-corrected chi connectivity index (χ1v) is 10.6. The number of aromatic nitrogens is 4. The Kier molecular flexibility index (Phi) is 5.26. The number of carbonyl (C=O) groups excluding carboxylic acids is 1. The number of H-pyrrole nitrogens is 1. The molecule has 3 unspecified atom stereocenters. The minimum atomic E-state index is -0.218. The Bertz CT molecular complexity index is 879. The quantitative estimate of drug-likeness (QED) is 0.738. The predicted octanol–water partition coefficient (Wildman–Crippen LogP) is 0.722. The zero-order valence-corrected chi connectivity index (χ0v) is 17.1. The molecule has 10 heteroatoms. The van der Waals surface area contributed by atoms with E-state index in [-0.39, 0.29) is 24.2 Å². The Morgan fingerprint density at radius 2 is 2.07 bits per heavy atom. The van der Waals surface area contributed by atoms with Gasteiger partial charge in [-0.3, -0.25) is 9.89 Å². The van der Waals surface area contributed by atoms with Gasteiger partial charge >= 0.3 is 0 Å². The van der Waals surface area contributed by atoms with Crippen LogP contribution in [0.3, 0.4) is 0 Å². The van der Waals surface area contributed by atoms with Gasteiger partial charge in [0.05, 0.1) is 37.2 Å². The third-order valence-corrected chi connectivity index (χ3v) is 5.95. The molecule has 0 spiro atoms. The molecule has 5 heterocycles. The monoisotopic (exact) mass is 413 g/mol. The fourth-order valence-electron chi connectivity index (χ4n) is 4.43. The number of anilines is 2. The fraction of sp³-hybridized carbons (Fsp3) is 0.600. The van der Waals surface area contributed by atoms with Gasteiger partial charge in [-0.2, -0.15) is 5.10 Å². The number of amides is 1. The molecule has 2 N–H and O–H groups in total. The van der Waals surface area contributed by atoms with Gasteiger partial charge in [-0.05, 0) is 25.8 Å². The van der Waals surface area contributed by atoms with Gasteiger partial charge in [0.15, 0.2) is 5.82 Å². The molecule has 3 saturated heterocycles. The molecular formula is C20H27N7O3. The molecule has 0 aliphatic carbocycles. The van der Waals surface area contributed by atoms with E-state index in [4.69, 9.17) is 9.47 Å². The Morgan fingerprint density at radius 3 is 2.80 bits per heavy atom. The third kappa shape index (κ3) is 3.97. The number of aromatic amines is 1. The molecule has 0 saturated carbocycles. The van der Waals surface area contributed by atoms with Gasteiger partial charge in [0, 0.05) is 38.4 Å². The van der Waals surface area contributed by atoms with Crippen LogP contribution in [-0.4, -0.2) is 77.4 Å². The molecule has 2 aromatic rings. The molecule has 160 valence electrons. The van der Waals surface area contributed by atoms with Crippen LogP contribution in [0, 0.1) is 0 Å². The third-order valence-electron chi connectivity index (χ3n) is 5.95. The van der Waals surface area contributed by atoms with Crippen LogP contribution >= 0.6 is 0 Å². The maximum atomic E-state index is 12.3. The van der Waals surface area contributed by atoms with Crippen molar-refractivity contribution in [3.8, 4) is 0 Å². The summed E-state index contributed by atoms with van der Waals surface area (Å²) in [5.41, 5.74) is 2.17. The summed E-state index contributed by atoms with van der Waals surface area (Å²) >= 11 is 0. The molecule has 10 nitrogen and oxygen atoms in total. The lowest BCUT2D eigenvalue weighted by Crippen LogP contribution is -2.44. The second-order valence-corrected chi connectivity index (χ2v) is 8.18. The number of nitrogens with zero attached hydrogens (tertiary/aromatic N) is 5. The number of rotatable bonds is 5. The second-order valence-electron chi connectivity index (χ2n) is 8.18. The Morgan fingerprint density at radius 1 is 1.23 bits per heavy atom. The van der Waals surface area contributed by atoms with Crippen molar-refractivity contribution < 1.29 is 14.3 Å². The number of fused-ring (bicyclic) bond motifs is 2.